The van der Waals surface area contributed by atoms with Gasteiger partial charge in [0.1, 0.15) is 6.61 Å². The van der Waals surface area contributed by atoms with Gasteiger partial charge < -0.3 is 14.8 Å². The van der Waals surface area contributed by atoms with E-state index < -0.39 is 0 Å². The molecule has 3 nitrogen and oxygen atoms in total. The first kappa shape index (κ1) is 18.7. The summed E-state index contributed by atoms with van der Waals surface area (Å²) in [6, 6.07) is 9.23. The second-order valence-electron chi connectivity index (χ2n) is 5.57. The van der Waals surface area contributed by atoms with Gasteiger partial charge in [0.2, 0.25) is 0 Å². The fraction of sp³-hybridized carbons (Fsp3) is 0.579. The minimum absolute atomic E-state index is 0.357. The van der Waals surface area contributed by atoms with Gasteiger partial charge in [0.05, 0.1) is 6.61 Å². The van der Waals surface area contributed by atoms with Crippen molar-refractivity contribution in [3.05, 3.63) is 35.4 Å². The summed E-state index contributed by atoms with van der Waals surface area (Å²) in [6.45, 7) is 11.2. The van der Waals surface area contributed by atoms with Crippen LogP contribution in [0.4, 0.5) is 0 Å². The number of ether oxygens (including phenoxy) is 2. The second-order valence-corrected chi connectivity index (χ2v) is 5.57. The van der Waals surface area contributed by atoms with Gasteiger partial charge in [0.15, 0.2) is 0 Å². The highest BCUT2D eigenvalue weighted by Gasteiger charge is 2.05. The van der Waals surface area contributed by atoms with Crippen molar-refractivity contribution in [3.63, 3.8) is 0 Å². The van der Waals surface area contributed by atoms with Gasteiger partial charge in [0.25, 0.3) is 0 Å². The zero-order valence-electron chi connectivity index (χ0n) is 14.3. The highest BCUT2D eigenvalue weighted by molar-refractivity contribution is 5.36. The average Bonchev–Trinajstić information content (AvgIpc) is 2.50. The zero-order chi connectivity index (χ0) is 16.2. The molecule has 0 aliphatic rings. The Labute approximate surface area is 135 Å². The molecule has 0 spiro atoms. The summed E-state index contributed by atoms with van der Waals surface area (Å²) >= 11 is 0. The zero-order valence-corrected chi connectivity index (χ0v) is 14.3. The van der Waals surface area contributed by atoms with Crippen LogP contribution in [0, 0.1) is 11.8 Å². The molecular formula is C19H29NO2. The maximum absolute atomic E-state index is 5.44. The normalized spacial score (nSPS) is 12.0. The lowest BCUT2D eigenvalue weighted by Gasteiger charge is -2.17. The van der Waals surface area contributed by atoms with Crippen LogP contribution in [0.25, 0.3) is 0 Å². The smallest absolute Gasteiger partial charge is 0.108 e. The van der Waals surface area contributed by atoms with E-state index in [4.69, 9.17) is 9.47 Å². The first-order valence-corrected chi connectivity index (χ1v) is 8.13. The van der Waals surface area contributed by atoms with Gasteiger partial charge in [-0.1, -0.05) is 37.8 Å². The third-order valence-corrected chi connectivity index (χ3v) is 3.18. The molecular weight excluding hydrogens is 274 g/mol. The van der Waals surface area contributed by atoms with E-state index in [0.29, 0.717) is 25.3 Å². The molecule has 0 aliphatic carbocycles. The standard InChI is InChI=1S/C19H29NO2/c1-5-21-14-7-15-22-13-6-8-18-9-11-19(12-10-18)17(4)20-16(2)3/h9-12,16-17,20H,5,7,13-15H2,1-4H3. The van der Waals surface area contributed by atoms with Gasteiger partial charge >= 0.3 is 0 Å². The van der Waals surface area contributed by atoms with Gasteiger partial charge in [-0.3, -0.25) is 0 Å². The summed E-state index contributed by atoms with van der Waals surface area (Å²) in [5.41, 5.74) is 2.31. The predicted octanol–water partition coefficient (Wildman–Crippen LogP) is 3.54. The maximum atomic E-state index is 5.44. The van der Waals surface area contributed by atoms with Crippen LogP contribution in [0.5, 0.6) is 0 Å². The van der Waals surface area contributed by atoms with Gasteiger partial charge in [-0.05, 0) is 38.0 Å². The van der Waals surface area contributed by atoms with Crippen molar-refractivity contribution in [2.75, 3.05) is 26.4 Å². The third kappa shape index (κ3) is 8.19. The maximum Gasteiger partial charge on any atom is 0.108 e. The molecule has 1 aromatic rings. The van der Waals surface area contributed by atoms with E-state index in [0.717, 1.165) is 25.2 Å². The molecule has 22 heavy (non-hydrogen) atoms. The first-order valence-electron chi connectivity index (χ1n) is 8.13. The Hall–Kier alpha value is -1.34. The van der Waals surface area contributed by atoms with Gasteiger partial charge in [0, 0.05) is 30.9 Å². The fourth-order valence-corrected chi connectivity index (χ4v) is 2.12. The van der Waals surface area contributed by atoms with Crippen molar-refractivity contribution in [2.45, 2.75) is 46.2 Å². The lowest BCUT2D eigenvalue weighted by Crippen LogP contribution is -2.25. The van der Waals surface area contributed by atoms with E-state index in [2.05, 4.69) is 62.2 Å². The topological polar surface area (TPSA) is 30.5 Å². The Morgan fingerprint density at radius 1 is 1.05 bits per heavy atom. The highest BCUT2D eigenvalue weighted by atomic mass is 16.5. The predicted molar refractivity (Wildman–Crippen MR) is 91.9 cm³/mol. The molecule has 0 saturated heterocycles. The van der Waals surface area contributed by atoms with Crippen molar-refractivity contribution in [1.82, 2.24) is 5.32 Å². The SMILES string of the molecule is CCOCCCOCC#Cc1ccc(C(C)NC(C)C)cc1. The Balaban J connectivity index is 2.31. The van der Waals surface area contributed by atoms with E-state index in [1.807, 2.05) is 6.92 Å². The average molecular weight is 303 g/mol. The molecule has 0 saturated carbocycles. The molecule has 3 heteroatoms. The van der Waals surface area contributed by atoms with Crippen molar-refractivity contribution >= 4 is 0 Å². The summed E-state index contributed by atoms with van der Waals surface area (Å²) in [7, 11) is 0. The molecule has 1 aromatic carbocycles. The van der Waals surface area contributed by atoms with Crippen molar-refractivity contribution in [1.29, 1.82) is 0 Å². The molecule has 0 heterocycles. The van der Waals surface area contributed by atoms with Gasteiger partial charge in [-0.15, -0.1) is 0 Å². The minimum atomic E-state index is 0.357. The molecule has 0 aliphatic heterocycles. The Bertz CT molecular complexity index is 457. The Morgan fingerprint density at radius 2 is 1.73 bits per heavy atom. The summed E-state index contributed by atoms with van der Waals surface area (Å²) in [5.74, 6) is 6.17. The van der Waals surface area contributed by atoms with E-state index in [9.17, 15) is 0 Å². The monoisotopic (exact) mass is 303 g/mol. The highest BCUT2D eigenvalue weighted by Crippen LogP contribution is 2.13. The molecule has 0 fully saturated rings. The summed E-state index contributed by atoms with van der Waals surface area (Å²) in [4.78, 5) is 0. The lowest BCUT2D eigenvalue weighted by atomic mass is 10.1. The molecule has 0 aromatic heterocycles. The molecule has 0 radical (unpaired) electrons. The van der Waals surface area contributed by atoms with Crippen LogP contribution in [0.15, 0.2) is 24.3 Å². The van der Waals surface area contributed by atoms with Crippen LogP contribution in [-0.2, 0) is 9.47 Å². The third-order valence-electron chi connectivity index (χ3n) is 3.18. The number of rotatable bonds is 9. The quantitative estimate of drug-likeness (QED) is 0.559. The van der Waals surface area contributed by atoms with Crippen LogP contribution >= 0.6 is 0 Å². The fourth-order valence-electron chi connectivity index (χ4n) is 2.12. The first-order chi connectivity index (χ1) is 10.6. The van der Waals surface area contributed by atoms with E-state index >= 15 is 0 Å². The van der Waals surface area contributed by atoms with Crippen molar-refractivity contribution in [3.8, 4) is 11.8 Å². The largest absolute Gasteiger partial charge is 0.382 e. The Morgan fingerprint density at radius 3 is 2.36 bits per heavy atom. The summed E-state index contributed by atoms with van der Waals surface area (Å²) in [5, 5.41) is 3.49. The lowest BCUT2D eigenvalue weighted by molar-refractivity contribution is 0.102. The van der Waals surface area contributed by atoms with Crippen LogP contribution < -0.4 is 5.32 Å². The molecule has 1 N–H and O–H groups in total. The van der Waals surface area contributed by atoms with Crippen LogP contribution in [0.3, 0.4) is 0 Å². The Kier molecular flexibility index (Phi) is 9.57. The van der Waals surface area contributed by atoms with Crippen molar-refractivity contribution < 1.29 is 9.47 Å². The number of benzene rings is 1. The molecule has 122 valence electrons. The summed E-state index contributed by atoms with van der Waals surface area (Å²) < 4.78 is 10.7. The molecule has 1 rings (SSSR count). The number of hydrogen-bond acceptors (Lipinski definition) is 3. The minimum Gasteiger partial charge on any atom is -0.382 e. The number of hydrogen-bond donors (Lipinski definition) is 1. The summed E-state index contributed by atoms with van der Waals surface area (Å²) in [6.07, 6.45) is 0.922. The molecule has 0 bridgehead atoms. The molecule has 1 atom stereocenters. The van der Waals surface area contributed by atoms with Crippen LogP contribution in [0.1, 0.15) is 51.3 Å². The van der Waals surface area contributed by atoms with Crippen molar-refractivity contribution in [2.24, 2.45) is 0 Å². The van der Waals surface area contributed by atoms with Gasteiger partial charge in [-0.2, -0.15) is 0 Å². The second kappa shape index (κ2) is 11.3. The van der Waals surface area contributed by atoms with E-state index in [1.54, 1.807) is 0 Å². The van der Waals surface area contributed by atoms with Gasteiger partial charge in [-0.25, -0.2) is 0 Å². The van der Waals surface area contributed by atoms with Crippen LogP contribution in [0.2, 0.25) is 0 Å². The van der Waals surface area contributed by atoms with E-state index in [1.165, 1.54) is 5.56 Å². The molecule has 1 unspecified atom stereocenters. The molecule has 0 amide bonds. The number of nitrogens with one attached hydrogen (secondary N) is 1. The van der Waals surface area contributed by atoms with Crippen LogP contribution in [-0.4, -0.2) is 32.5 Å². The van der Waals surface area contributed by atoms with E-state index in [-0.39, 0.29) is 0 Å².